The molecule has 0 radical (unpaired) electrons. The molecule has 0 aliphatic heterocycles. The van der Waals surface area contributed by atoms with Crippen molar-refractivity contribution in [1.29, 1.82) is 0 Å². The Labute approximate surface area is 97.3 Å². The first-order valence-electron chi connectivity index (χ1n) is 5.02. The van der Waals surface area contributed by atoms with Crippen molar-refractivity contribution < 1.29 is 4.79 Å². The molecule has 2 rings (SSSR count). The van der Waals surface area contributed by atoms with E-state index in [0.29, 0.717) is 11.3 Å². The lowest BCUT2D eigenvalue weighted by molar-refractivity contribution is 0.0996. The first-order chi connectivity index (χ1) is 7.70. The molecule has 0 aliphatic carbocycles. The van der Waals surface area contributed by atoms with Crippen molar-refractivity contribution in [2.75, 3.05) is 0 Å². The highest BCUT2D eigenvalue weighted by atomic mass is 32.1. The lowest BCUT2D eigenvalue weighted by atomic mass is 10.1. The molecular weight excluding hydrogens is 224 g/mol. The molecule has 0 fully saturated rings. The number of Topliss-reactive ketones (excluding diaryl/α,β-unsaturated/α-hetero) is 1. The molecule has 0 bridgehead atoms. The SMILES string of the molecule is CCc1nnsc1C(=O)Cc1cnn(C)c1. The highest BCUT2D eigenvalue weighted by molar-refractivity contribution is 7.08. The van der Waals surface area contributed by atoms with Crippen LogP contribution in [-0.2, 0) is 19.9 Å². The van der Waals surface area contributed by atoms with Crippen LogP contribution in [-0.4, -0.2) is 25.2 Å². The Kier molecular flexibility index (Phi) is 3.09. The van der Waals surface area contributed by atoms with Gasteiger partial charge in [0.15, 0.2) is 5.78 Å². The number of carbonyl (C=O) groups is 1. The van der Waals surface area contributed by atoms with E-state index in [1.54, 1.807) is 10.9 Å². The second-order valence-electron chi connectivity index (χ2n) is 3.52. The van der Waals surface area contributed by atoms with Gasteiger partial charge < -0.3 is 0 Å². The summed E-state index contributed by atoms with van der Waals surface area (Å²) in [6.07, 6.45) is 4.66. The van der Waals surface area contributed by atoms with Crippen LogP contribution in [0.2, 0.25) is 0 Å². The fourth-order valence-electron chi connectivity index (χ4n) is 1.48. The summed E-state index contributed by atoms with van der Waals surface area (Å²) in [7, 11) is 1.83. The minimum absolute atomic E-state index is 0.0693. The molecular formula is C10H12N4OS. The van der Waals surface area contributed by atoms with Gasteiger partial charge in [0.1, 0.15) is 4.88 Å². The van der Waals surface area contributed by atoms with E-state index in [0.717, 1.165) is 17.7 Å². The molecule has 0 aromatic carbocycles. The first kappa shape index (κ1) is 10.9. The van der Waals surface area contributed by atoms with E-state index in [1.807, 2.05) is 20.2 Å². The maximum absolute atomic E-state index is 12.0. The van der Waals surface area contributed by atoms with Crippen LogP contribution < -0.4 is 0 Å². The molecule has 0 saturated carbocycles. The molecule has 0 unspecified atom stereocenters. The molecule has 2 aromatic rings. The number of aromatic nitrogens is 4. The quantitative estimate of drug-likeness (QED) is 0.750. The molecule has 84 valence electrons. The van der Waals surface area contributed by atoms with Gasteiger partial charge in [-0.3, -0.25) is 9.48 Å². The lowest BCUT2D eigenvalue weighted by Crippen LogP contribution is -2.03. The number of hydrogen-bond donors (Lipinski definition) is 0. The van der Waals surface area contributed by atoms with Gasteiger partial charge >= 0.3 is 0 Å². The average Bonchev–Trinajstić information content (AvgIpc) is 2.86. The summed E-state index contributed by atoms with van der Waals surface area (Å²) >= 11 is 1.17. The Hall–Kier alpha value is -1.56. The summed E-state index contributed by atoms with van der Waals surface area (Å²) in [4.78, 5) is 12.6. The highest BCUT2D eigenvalue weighted by Crippen LogP contribution is 2.14. The van der Waals surface area contributed by atoms with Gasteiger partial charge in [0.2, 0.25) is 0 Å². The number of aryl methyl sites for hydroxylation is 2. The maximum atomic E-state index is 12.0. The van der Waals surface area contributed by atoms with Crippen molar-refractivity contribution in [3.8, 4) is 0 Å². The van der Waals surface area contributed by atoms with Crippen LogP contribution in [0, 0.1) is 0 Å². The molecule has 16 heavy (non-hydrogen) atoms. The Morgan fingerprint density at radius 2 is 2.38 bits per heavy atom. The van der Waals surface area contributed by atoms with Crippen molar-refractivity contribution >= 4 is 17.3 Å². The van der Waals surface area contributed by atoms with E-state index in [2.05, 4.69) is 14.7 Å². The van der Waals surface area contributed by atoms with Crippen LogP contribution in [0.5, 0.6) is 0 Å². The Balaban J connectivity index is 2.14. The van der Waals surface area contributed by atoms with E-state index in [9.17, 15) is 4.79 Å². The zero-order valence-electron chi connectivity index (χ0n) is 9.17. The maximum Gasteiger partial charge on any atom is 0.180 e. The molecule has 5 nitrogen and oxygen atoms in total. The zero-order chi connectivity index (χ0) is 11.5. The Bertz CT molecular complexity index is 502. The second kappa shape index (κ2) is 4.52. The van der Waals surface area contributed by atoms with Gasteiger partial charge in [-0.05, 0) is 23.5 Å². The summed E-state index contributed by atoms with van der Waals surface area (Å²) < 4.78 is 5.50. The summed E-state index contributed by atoms with van der Waals surface area (Å²) in [5, 5.41) is 7.96. The third-order valence-corrected chi connectivity index (χ3v) is 3.08. The minimum atomic E-state index is 0.0693. The number of rotatable bonds is 4. The van der Waals surface area contributed by atoms with Crippen molar-refractivity contribution in [2.45, 2.75) is 19.8 Å². The molecule has 0 aliphatic rings. The largest absolute Gasteiger partial charge is 0.293 e. The van der Waals surface area contributed by atoms with Gasteiger partial charge in [-0.2, -0.15) is 5.10 Å². The van der Waals surface area contributed by atoms with Gasteiger partial charge in [0.05, 0.1) is 11.9 Å². The monoisotopic (exact) mass is 236 g/mol. The topological polar surface area (TPSA) is 60.7 Å². The minimum Gasteiger partial charge on any atom is -0.293 e. The van der Waals surface area contributed by atoms with Crippen LogP contribution in [0.4, 0.5) is 0 Å². The van der Waals surface area contributed by atoms with E-state index >= 15 is 0 Å². The van der Waals surface area contributed by atoms with Gasteiger partial charge in [-0.15, -0.1) is 5.10 Å². The van der Waals surface area contributed by atoms with Crippen LogP contribution in [0.15, 0.2) is 12.4 Å². The van der Waals surface area contributed by atoms with Crippen molar-refractivity contribution in [2.24, 2.45) is 7.05 Å². The fourth-order valence-corrected chi connectivity index (χ4v) is 2.17. The molecule has 2 heterocycles. The highest BCUT2D eigenvalue weighted by Gasteiger charge is 2.15. The molecule has 0 saturated heterocycles. The summed E-state index contributed by atoms with van der Waals surface area (Å²) in [5.41, 5.74) is 1.71. The number of hydrogen-bond acceptors (Lipinski definition) is 5. The summed E-state index contributed by atoms with van der Waals surface area (Å²) in [5.74, 6) is 0.0693. The first-order valence-corrected chi connectivity index (χ1v) is 5.80. The molecule has 0 spiro atoms. The van der Waals surface area contributed by atoms with Gasteiger partial charge in [-0.1, -0.05) is 11.4 Å². The van der Waals surface area contributed by atoms with E-state index < -0.39 is 0 Å². The standard InChI is InChI=1S/C10H12N4OS/c1-3-8-10(16-13-12-8)9(15)4-7-5-11-14(2)6-7/h5-6H,3-4H2,1-2H3. The average molecular weight is 236 g/mol. The van der Waals surface area contributed by atoms with Crippen LogP contribution in [0.3, 0.4) is 0 Å². The van der Waals surface area contributed by atoms with Crippen molar-refractivity contribution in [1.82, 2.24) is 19.4 Å². The lowest BCUT2D eigenvalue weighted by Gasteiger charge is -1.96. The fraction of sp³-hybridized carbons (Fsp3) is 0.400. The predicted octanol–water partition coefficient (Wildman–Crippen LogP) is 1.26. The van der Waals surface area contributed by atoms with Gasteiger partial charge in [0.25, 0.3) is 0 Å². The molecule has 0 amide bonds. The zero-order valence-corrected chi connectivity index (χ0v) is 9.99. The van der Waals surface area contributed by atoms with Crippen molar-refractivity contribution in [3.05, 3.63) is 28.5 Å². The molecule has 2 aromatic heterocycles. The number of ketones is 1. The summed E-state index contributed by atoms with van der Waals surface area (Å²) in [6, 6.07) is 0. The van der Waals surface area contributed by atoms with E-state index in [1.165, 1.54) is 11.5 Å². The van der Waals surface area contributed by atoms with Crippen LogP contribution >= 0.6 is 11.5 Å². The Morgan fingerprint density at radius 1 is 1.56 bits per heavy atom. The van der Waals surface area contributed by atoms with Gasteiger partial charge in [-0.25, -0.2) is 0 Å². The Morgan fingerprint density at radius 3 is 3.00 bits per heavy atom. The second-order valence-corrected chi connectivity index (χ2v) is 4.28. The van der Waals surface area contributed by atoms with Crippen LogP contribution in [0.25, 0.3) is 0 Å². The van der Waals surface area contributed by atoms with Crippen molar-refractivity contribution in [3.63, 3.8) is 0 Å². The predicted molar refractivity (Wildman–Crippen MR) is 60.5 cm³/mol. The third-order valence-electron chi connectivity index (χ3n) is 2.27. The smallest absolute Gasteiger partial charge is 0.180 e. The molecule has 0 N–H and O–H groups in total. The molecule has 0 atom stereocenters. The van der Waals surface area contributed by atoms with E-state index in [4.69, 9.17) is 0 Å². The normalized spacial score (nSPS) is 10.6. The third kappa shape index (κ3) is 2.16. The number of carbonyl (C=O) groups excluding carboxylic acids is 1. The van der Waals surface area contributed by atoms with Gasteiger partial charge in [0, 0.05) is 19.7 Å². The number of nitrogens with zero attached hydrogens (tertiary/aromatic N) is 4. The van der Waals surface area contributed by atoms with Crippen LogP contribution in [0.1, 0.15) is 27.9 Å². The van der Waals surface area contributed by atoms with E-state index in [-0.39, 0.29) is 5.78 Å². The summed E-state index contributed by atoms with van der Waals surface area (Å²) in [6.45, 7) is 1.97. The molecule has 6 heteroatoms.